The molecule has 0 atom stereocenters. The van der Waals surface area contributed by atoms with Crippen LogP contribution in [0.2, 0.25) is 0 Å². The van der Waals surface area contributed by atoms with Crippen molar-refractivity contribution in [3.05, 3.63) is 11.4 Å². The number of aromatic amines is 1. The second kappa shape index (κ2) is 2.73. The zero-order chi connectivity index (χ0) is 10.3. The van der Waals surface area contributed by atoms with Crippen LogP contribution in [0.1, 0.15) is 36.5 Å². The topological polar surface area (TPSA) is 75.2 Å². The predicted molar refractivity (Wildman–Crippen MR) is 48.6 cm³/mol. The third kappa shape index (κ3) is 1.34. The molecular formula is C9H12N2O3. The van der Waals surface area contributed by atoms with E-state index in [1.54, 1.807) is 0 Å². The maximum atomic E-state index is 10.8. The van der Waals surface area contributed by atoms with E-state index in [0.717, 1.165) is 18.5 Å². The van der Waals surface area contributed by atoms with E-state index in [-0.39, 0.29) is 11.3 Å². The molecule has 0 spiro atoms. The summed E-state index contributed by atoms with van der Waals surface area (Å²) in [6, 6.07) is 0. The van der Waals surface area contributed by atoms with Gasteiger partial charge in [0.1, 0.15) is 5.60 Å². The molecule has 0 amide bonds. The van der Waals surface area contributed by atoms with E-state index in [1.165, 1.54) is 0 Å². The van der Waals surface area contributed by atoms with Crippen molar-refractivity contribution < 1.29 is 14.6 Å². The Morgan fingerprint density at radius 2 is 2.36 bits per heavy atom. The average Bonchev–Trinajstić information content (AvgIpc) is 2.44. The molecule has 76 valence electrons. The summed E-state index contributed by atoms with van der Waals surface area (Å²) in [5.41, 5.74) is 0.454. The van der Waals surface area contributed by atoms with Crippen LogP contribution in [0, 0.1) is 0 Å². The van der Waals surface area contributed by atoms with E-state index in [9.17, 15) is 4.79 Å². The van der Waals surface area contributed by atoms with Crippen LogP contribution in [0.15, 0.2) is 0 Å². The SMILES string of the molecule is CC1(C)CCc2[nH]nc(C(=O)O)c2O1. The lowest BCUT2D eigenvalue weighted by Gasteiger charge is -2.30. The van der Waals surface area contributed by atoms with Crippen molar-refractivity contribution in [2.24, 2.45) is 0 Å². The van der Waals surface area contributed by atoms with E-state index in [0.29, 0.717) is 5.75 Å². The van der Waals surface area contributed by atoms with Crippen molar-refractivity contribution in [3.63, 3.8) is 0 Å². The molecule has 2 rings (SSSR count). The van der Waals surface area contributed by atoms with E-state index in [2.05, 4.69) is 10.2 Å². The number of aromatic nitrogens is 2. The van der Waals surface area contributed by atoms with Gasteiger partial charge in [-0.2, -0.15) is 5.10 Å². The van der Waals surface area contributed by atoms with E-state index < -0.39 is 5.97 Å². The zero-order valence-corrected chi connectivity index (χ0v) is 8.13. The standard InChI is InChI=1S/C9H12N2O3/c1-9(2)4-3-5-7(14-9)6(8(12)13)11-10-5/h3-4H2,1-2H3,(H,10,11)(H,12,13). The van der Waals surface area contributed by atoms with Gasteiger partial charge in [-0.25, -0.2) is 4.79 Å². The van der Waals surface area contributed by atoms with Gasteiger partial charge in [0.15, 0.2) is 5.75 Å². The van der Waals surface area contributed by atoms with Crippen LogP contribution in [0.3, 0.4) is 0 Å². The molecule has 1 aromatic rings. The largest absolute Gasteiger partial charge is 0.483 e. The van der Waals surface area contributed by atoms with Crippen LogP contribution >= 0.6 is 0 Å². The van der Waals surface area contributed by atoms with Crippen LogP contribution in [0.5, 0.6) is 5.75 Å². The molecule has 14 heavy (non-hydrogen) atoms. The number of ether oxygens (including phenoxy) is 1. The van der Waals surface area contributed by atoms with Crippen molar-refractivity contribution in [2.45, 2.75) is 32.3 Å². The lowest BCUT2D eigenvalue weighted by molar-refractivity contribution is 0.0643. The predicted octanol–water partition coefficient (Wildman–Crippen LogP) is 1.21. The summed E-state index contributed by atoms with van der Waals surface area (Å²) < 4.78 is 5.58. The molecule has 5 nitrogen and oxygen atoms in total. The molecule has 0 bridgehead atoms. The van der Waals surface area contributed by atoms with E-state index >= 15 is 0 Å². The van der Waals surface area contributed by atoms with Crippen molar-refractivity contribution in [1.82, 2.24) is 10.2 Å². The fourth-order valence-corrected chi connectivity index (χ4v) is 1.55. The molecular weight excluding hydrogens is 184 g/mol. The minimum Gasteiger partial charge on any atom is -0.483 e. The number of fused-ring (bicyclic) bond motifs is 1. The number of H-pyrrole nitrogens is 1. The molecule has 0 aromatic carbocycles. The first-order chi connectivity index (χ1) is 6.49. The Morgan fingerprint density at radius 3 is 3.00 bits per heavy atom. The molecule has 5 heteroatoms. The number of aromatic carboxylic acids is 1. The van der Waals surface area contributed by atoms with Gasteiger partial charge in [0, 0.05) is 0 Å². The molecule has 1 aliphatic rings. The lowest BCUT2D eigenvalue weighted by atomic mass is 9.97. The highest BCUT2D eigenvalue weighted by Crippen LogP contribution is 2.34. The molecule has 0 fully saturated rings. The first-order valence-corrected chi connectivity index (χ1v) is 4.49. The fourth-order valence-electron chi connectivity index (χ4n) is 1.55. The van der Waals surface area contributed by atoms with Crippen molar-refractivity contribution in [3.8, 4) is 5.75 Å². The molecule has 1 aromatic heterocycles. The van der Waals surface area contributed by atoms with Gasteiger partial charge >= 0.3 is 5.97 Å². The molecule has 0 saturated heterocycles. The van der Waals surface area contributed by atoms with Gasteiger partial charge in [-0.15, -0.1) is 0 Å². The Hall–Kier alpha value is -1.52. The smallest absolute Gasteiger partial charge is 0.360 e. The van der Waals surface area contributed by atoms with Crippen LogP contribution in [0.25, 0.3) is 0 Å². The quantitative estimate of drug-likeness (QED) is 0.707. The maximum Gasteiger partial charge on any atom is 0.360 e. The molecule has 0 aliphatic carbocycles. The Bertz CT molecular complexity index is 381. The molecule has 1 aliphatic heterocycles. The maximum absolute atomic E-state index is 10.8. The van der Waals surface area contributed by atoms with Gasteiger partial charge < -0.3 is 9.84 Å². The van der Waals surface area contributed by atoms with Crippen LogP contribution in [-0.2, 0) is 6.42 Å². The number of aryl methyl sites for hydroxylation is 1. The number of hydrogen-bond donors (Lipinski definition) is 2. The number of hydrogen-bond acceptors (Lipinski definition) is 3. The molecule has 0 unspecified atom stereocenters. The summed E-state index contributed by atoms with van der Waals surface area (Å²) in [7, 11) is 0. The highest BCUT2D eigenvalue weighted by atomic mass is 16.5. The van der Waals surface area contributed by atoms with Crippen molar-refractivity contribution in [2.75, 3.05) is 0 Å². The number of carbonyl (C=O) groups is 1. The lowest BCUT2D eigenvalue weighted by Crippen LogP contribution is -2.32. The van der Waals surface area contributed by atoms with Gasteiger partial charge in [0.05, 0.1) is 5.69 Å². The second-order valence-electron chi connectivity index (χ2n) is 4.05. The Kier molecular flexibility index (Phi) is 1.77. The number of nitrogens with one attached hydrogen (secondary N) is 1. The summed E-state index contributed by atoms with van der Waals surface area (Å²) >= 11 is 0. The molecule has 2 N–H and O–H groups in total. The highest BCUT2D eigenvalue weighted by molar-refractivity contribution is 5.89. The van der Waals surface area contributed by atoms with Crippen LogP contribution in [-0.4, -0.2) is 26.9 Å². The van der Waals surface area contributed by atoms with Gasteiger partial charge in [-0.1, -0.05) is 0 Å². The van der Waals surface area contributed by atoms with Crippen molar-refractivity contribution >= 4 is 5.97 Å². The zero-order valence-electron chi connectivity index (χ0n) is 8.13. The fraction of sp³-hybridized carbons (Fsp3) is 0.556. The summed E-state index contributed by atoms with van der Waals surface area (Å²) in [5.74, 6) is -0.658. The summed E-state index contributed by atoms with van der Waals surface area (Å²) in [6.45, 7) is 3.88. The minimum absolute atomic E-state index is 0.0206. The number of rotatable bonds is 1. The van der Waals surface area contributed by atoms with Gasteiger partial charge in [0.25, 0.3) is 0 Å². The number of carboxylic acids is 1. The normalized spacial score (nSPS) is 18.4. The third-order valence-corrected chi connectivity index (χ3v) is 2.35. The number of nitrogens with zero attached hydrogens (tertiary/aromatic N) is 1. The second-order valence-corrected chi connectivity index (χ2v) is 4.05. The highest BCUT2D eigenvalue weighted by Gasteiger charge is 2.32. The molecule has 2 heterocycles. The first-order valence-electron chi connectivity index (χ1n) is 4.49. The number of carboxylic acid groups (broad SMARTS) is 1. The van der Waals surface area contributed by atoms with Gasteiger partial charge in [0.2, 0.25) is 5.69 Å². The van der Waals surface area contributed by atoms with Crippen molar-refractivity contribution in [1.29, 1.82) is 0 Å². The molecule has 0 saturated carbocycles. The van der Waals surface area contributed by atoms with E-state index in [4.69, 9.17) is 9.84 Å². The average molecular weight is 196 g/mol. The molecule has 0 radical (unpaired) electrons. The van der Waals surface area contributed by atoms with Gasteiger partial charge in [-0.3, -0.25) is 5.10 Å². The summed E-state index contributed by atoms with van der Waals surface area (Å²) in [6.07, 6.45) is 1.64. The minimum atomic E-state index is -1.06. The Labute approximate surface area is 81.1 Å². The monoisotopic (exact) mass is 196 g/mol. The summed E-state index contributed by atoms with van der Waals surface area (Å²) in [4.78, 5) is 10.8. The van der Waals surface area contributed by atoms with Crippen LogP contribution < -0.4 is 4.74 Å². The Morgan fingerprint density at radius 1 is 1.64 bits per heavy atom. The summed E-state index contributed by atoms with van der Waals surface area (Å²) in [5, 5.41) is 15.2. The Balaban J connectivity index is 2.42. The first kappa shape index (κ1) is 9.05. The van der Waals surface area contributed by atoms with E-state index in [1.807, 2.05) is 13.8 Å². The van der Waals surface area contributed by atoms with Gasteiger partial charge in [-0.05, 0) is 26.7 Å². The van der Waals surface area contributed by atoms with Crippen LogP contribution in [0.4, 0.5) is 0 Å². The third-order valence-electron chi connectivity index (χ3n) is 2.35.